The summed E-state index contributed by atoms with van der Waals surface area (Å²) in [4.78, 5) is 0.222. The molecular formula is C12H22N4O2S. The van der Waals surface area contributed by atoms with Crippen molar-refractivity contribution >= 4 is 10.0 Å². The van der Waals surface area contributed by atoms with Gasteiger partial charge in [0.05, 0.1) is 6.20 Å². The molecule has 19 heavy (non-hydrogen) atoms. The van der Waals surface area contributed by atoms with Crippen LogP contribution in [0.5, 0.6) is 0 Å². The predicted molar refractivity (Wildman–Crippen MR) is 75.1 cm³/mol. The van der Waals surface area contributed by atoms with Crippen molar-refractivity contribution in [3.05, 3.63) is 25.0 Å². The second-order valence-electron chi connectivity index (χ2n) is 4.23. The van der Waals surface area contributed by atoms with Crippen LogP contribution in [0.25, 0.3) is 0 Å². The van der Waals surface area contributed by atoms with E-state index in [4.69, 9.17) is 5.73 Å². The molecule has 0 fully saturated rings. The van der Waals surface area contributed by atoms with Gasteiger partial charge >= 0.3 is 0 Å². The standard InChI is InChI=1S/C12H22N4O2S/c1-3-7-16(8-4-2)19(17,18)12-10-14-15(11-12)9-5-6-13/h3,10-11H,1,4-9,13H2,2H3. The fraction of sp³-hybridized carbons (Fsp3) is 0.583. The molecule has 0 bridgehead atoms. The molecule has 0 spiro atoms. The summed E-state index contributed by atoms with van der Waals surface area (Å²) in [5, 5.41) is 4.05. The van der Waals surface area contributed by atoms with Gasteiger partial charge in [0.2, 0.25) is 10.0 Å². The number of hydrogen-bond acceptors (Lipinski definition) is 4. The zero-order valence-electron chi connectivity index (χ0n) is 11.3. The SMILES string of the molecule is C=CCN(CCC)S(=O)(=O)c1cnn(CCCN)c1. The summed E-state index contributed by atoms with van der Waals surface area (Å²) in [6.07, 6.45) is 6.06. The third-order valence-corrected chi connectivity index (χ3v) is 4.46. The average molecular weight is 286 g/mol. The van der Waals surface area contributed by atoms with Gasteiger partial charge in [0.15, 0.2) is 0 Å². The maximum absolute atomic E-state index is 12.4. The second kappa shape index (κ2) is 7.42. The molecule has 108 valence electrons. The van der Waals surface area contributed by atoms with Crippen LogP contribution in [0.15, 0.2) is 29.9 Å². The molecule has 2 N–H and O–H groups in total. The summed E-state index contributed by atoms with van der Waals surface area (Å²) in [5.74, 6) is 0. The van der Waals surface area contributed by atoms with Gasteiger partial charge in [-0.3, -0.25) is 4.68 Å². The van der Waals surface area contributed by atoms with E-state index in [1.807, 2.05) is 6.92 Å². The Morgan fingerprint density at radius 3 is 2.89 bits per heavy atom. The van der Waals surface area contributed by atoms with Gasteiger partial charge in [-0.25, -0.2) is 8.42 Å². The number of rotatable bonds is 9. The van der Waals surface area contributed by atoms with Crippen molar-refractivity contribution in [1.82, 2.24) is 14.1 Å². The minimum atomic E-state index is -3.48. The Hall–Kier alpha value is -1.18. The van der Waals surface area contributed by atoms with Gasteiger partial charge in [-0.15, -0.1) is 6.58 Å². The molecule has 0 saturated carbocycles. The summed E-state index contributed by atoms with van der Waals surface area (Å²) < 4.78 is 27.8. The van der Waals surface area contributed by atoms with Crippen molar-refractivity contribution in [3.8, 4) is 0 Å². The molecule has 0 unspecified atom stereocenters. The van der Waals surface area contributed by atoms with Crippen molar-refractivity contribution in [2.24, 2.45) is 5.73 Å². The number of hydrogen-bond donors (Lipinski definition) is 1. The van der Waals surface area contributed by atoms with Crippen LogP contribution in [0.1, 0.15) is 19.8 Å². The molecule has 1 rings (SSSR count). The Balaban J connectivity index is 2.90. The van der Waals surface area contributed by atoms with Gasteiger partial charge in [-0.1, -0.05) is 13.0 Å². The third-order valence-electron chi connectivity index (χ3n) is 2.64. The van der Waals surface area contributed by atoms with Crippen molar-refractivity contribution in [3.63, 3.8) is 0 Å². The van der Waals surface area contributed by atoms with E-state index in [2.05, 4.69) is 11.7 Å². The maximum atomic E-state index is 12.4. The van der Waals surface area contributed by atoms with Gasteiger partial charge in [-0.05, 0) is 19.4 Å². The van der Waals surface area contributed by atoms with Crippen LogP contribution in [-0.4, -0.2) is 42.1 Å². The fourth-order valence-corrected chi connectivity index (χ4v) is 3.16. The molecule has 1 heterocycles. The summed E-state index contributed by atoms with van der Waals surface area (Å²) in [6.45, 7) is 7.50. The van der Waals surface area contributed by atoms with Crippen LogP contribution < -0.4 is 5.73 Å². The Morgan fingerprint density at radius 2 is 2.32 bits per heavy atom. The molecule has 0 radical (unpaired) electrons. The summed E-state index contributed by atoms with van der Waals surface area (Å²) in [7, 11) is -3.48. The summed E-state index contributed by atoms with van der Waals surface area (Å²) in [6, 6.07) is 0. The Kier molecular flexibility index (Phi) is 6.20. The van der Waals surface area contributed by atoms with E-state index in [0.29, 0.717) is 26.2 Å². The van der Waals surface area contributed by atoms with E-state index in [1.165, 1.54) is 10.5 Å². The smallest absolute Gasteiger partial charge is 0.246 e. The lowest BCUT2D eigenvalue weighted by atomic mass is 10.4. The molecule has 0 saturated heterocycles. The van der Waals surface area contributed by atoms with Gasteiger partial charge in [0.1, 0.15) is 4.90 Å². The lowest BCUT2D eigenvalue weighted by molar-refractivity contribution is 0.441. The van der Waals surface area contributed by atoms with E-state index in [9.17, 15) is 8.42 Å². The number of nitrogens with zero attached hydrogens (tertiary/aromatic N) is 3. The monoisotopic (exact) mass is 286 g/mol. The fourth-order valence-electron chi connectivity index (χ4n) is 1.71. The molecule has 7 heteroatoms. The van der Waals surface area contributed by atoms with Crippen molar-refractivity contribution in [2.45, 2.75) is 31.2 Å². The Bertz CT molecular complexity index is 496. The van der Waals surface area contributed by atoms with Crippen LogP contribution >= 0.6 is 0 Å². The van der Waals surface area contributed by atoms with Crippen molar-refractivity contribution in [1.29, 1.82) is 0 Å². The molecule has 6 nitrogen and oxygen atoms in total. The first-order chi connectivity index (χ1) is 9.06. The van der Waals surface area contributed by atoms with Gasteiger partial charge < -0.3 is 5.73 Å². The quantitative estimate of drug-likeness (QED) is 0.681. The molecule has 0 aliphatic rings. The molecular weight excluding hydrogens is 264 g/mol. The van der Waals surface area contributed by atoms with Crippen LogP contribution in [0, 0.1) is 0 Å². The van der Waals surface area contributed by atoms with Crippen LogP contribution in [-0.2, 0) is 16.6 Å². The minimum Gasteiger partial charge on any atom is -0.330 e. The van der Waals surface area contributed by atoms with E-state index >= 15 is 0 Å². The van der Waals surface area contributed by atoms with Gasteiger partial charge in [0, 0.05) is 25.8 Å². The summed E-state index contributed by atoms with van der Waals surface area (Å²) >= 11 is 0. The van der Waals surface area contributed by atoms with E-state index in [0.717, 1.165) is 12.8 Å². The van der Waals surface area contributed by atoms with E-state index < -0.39 is 10.0 Å². The highest BCUT2D eigenvalue weighted by molar-refractivity contribution is 7.89. The van der Waals surface area contributed by atoms with Gasteiger partial charge in [0.25, 0.3) is 0 Å². The van der Waals surface area contributed by atoms with Crippen LogP contribution in [0.3, 0.4) is 0 Å². The molecule has 1 aromatic heterocycles. The third kappa shape index (κ3) is 4.15. The van der Waals surface area contributed by atoms with Crippen LogP contribution in [0.2, 0.25) is 0 Å². The van der Waals surface area contributed by atoms with E-state index in [1.54, 1.807) is 17.0 Å². The minimum absolute atomic E-state index is 0.222. The maximum Gasteiger partial charge on any atom is 0.246 e. The number of aromatic nitrogens is 2. The highest BCUT2D eigenvalue weighted by Crippen LogP contribution is 2.15. The molecule has 1 aromatic rings. The topological polar surface area (TPSA) is 81.2 Å². The molecule has 0 aliphatic heterocycles. The number of aryl methyl sites for hydroxylation is 1. The highest BCUT2D eigenvalue weighted by atomic mass is 32.2. The molecule has 0 aromatic carbocycles. The zero-order valence-corrected chi connectivity index (χ0v) is 12.1. The lowest BCUT2D eigenvalue weighted by Crippen LogP contribution is -2.31. The summed E-state index contributed by atoms with van der Waals surface area (Å²) in [5.41, 5.74) is 5.42. The largest absolute Gasteiger partial charge is 0.330 e. The van der Waals surface area contributed by atoms with E-state index in [-0.39, 0.29) is 4.90 Å². The van der Waals surface area contributed by atoms with Gasteiger partial charge in [-0.2, -0.15) is 9.40 Å². The molecule has 0 amide bonds. The second-order valence-corrected chi connectivity index (χ2v) is 6.17. The lowest BCUT2D eigenvalue weighted by Gasteiger charge is -2.18. The van der Waals surface area contributed by atoms with Crippen molar-refractivity contribution < 1.29 is 8.42 Å². The zero-order chi connectivity index (χ0) is 14.3. The number of sulfonamides is 1. The normalized spacial score (nSPS) is 11.9. The Labute approximate surface area is 114 Å². The first-order valence-corrected chi connectivity index (χ1v) is 7.83. The first kappa shape index (κ1) is 15.9. The predicted octanol–water partition coefficient (Wildman–Crippen LogP) is 0.819. The highest BCUT2D eigenvalue weighted by Gasteiger charge is 2.24. The van der Waals surface area contributed by atoms with Crippen molar-refractivity contribution in [2.75, 3.05) is 19.6 Å². The number of nitrogens with two attached hydrogens (primary N) is 1. The Morgan fingerprint density at radius 1 is 1.58 bits per heavy atom. The molecule has 0 atom stereocenters. The van der Waals surface area contributed by atoms with Crippen LogP contribution in [0.4, 0.5) is 0 Å². The average Bonchev–Trinajstić information content (AvgIpc) is 2.85. The first-order valence-electron chi connectivity index (χ1n) is 6.39. The molecule has 0 aliphatic carbocycles.